The van der Waals surface area contributed by atoms with E-state index in [-0.39, 0.29) is 6.42 Å². The summed E-state index contributed by atoms with van der Waals surface area (Å²) in [5, 5.41) is 10.7. The van der Waals surface area contributed by atoms with Gasteiger partial charge in [-0.1, -0.05) is 12.1 Å². The summed E-state index contributed by atoms with van der Waals surface area (Å²) in [5.41, 5.74) is 5.77. The summed E-state index contributed by atoms with van der Waals surface area (Å²) < 4.78 is 2.01. The van der Waals surface area contributed by atoms with Gasteiger partial charge in [-0.05, 0) is 31.4 Å². The molecule has 3 N–H and O–H groups in total. The first-order valence-corrected chi connectivity index (χ1v) is 7.15. The molecule has 5 heteroatoms. The molecule has 2 rings (SSSR count). The van der Waals surface area contributed by atoms with Gasteiger partial charge in [0.25, 0.3) is 0 Å². The van der Waals surface area contributed by atoms with Crippen molar-refractivity contribution in [2.24, 2.45) is 0 Å². The van der Waals surface area contributed by atoms with E-state index in [1.165, 1.54) is 0 Å². The number of aryl methyl sites for hydroxylation is 2. The van der Waals surface area contributed by atoms with Crippen molar-refractivity contribution in [1.82, 2.24) is 9.55 Å². The maximum absolute atomic E-state index is 10.7. The Morgan fingerprint density at radius 1 is 1.25 bits per heavy atom. The smallest absolute Gasteiger partial charge is 0.109 e. The maximum Gasteiger partial charge on any atom is 0.109 e. The van der Waals surface area contributed by atoms with Crippen molar-refractivity contribution in [3.8, 4) is 0 Å². The van der Waals surface area contributed by atoms with Gasteiger partial charge in [-0.15, -0.1) is 0 Å². The lowest BCUT2D eigenvalue weighted by atomic mass is 10.2. The molecule has 0 saturated carbocycles. The Hall–Kier alpha value is -1.88. The molecule has 0 aliphatic carbocycles. The number of benzene rings is 1. The van der Waals surface area contributed by atoms with Crippen LogP contribution in [0.4, 0.5) is 0 Å². The highest BCUT2D eigenvalue weighted by molar-refractivity contribution is 5.76. The Bertz CT molecular complexity index is 578. The maximum atomic E-state index is 10.7. The van der Waals surface area contributed by atoms with Crippen molar-refractivity contribution < 1.29 is 15.6 Å². The Labute approximate surface area is 118 Å². The standard InChI is InChI=1S/C15H21N3O2/c16-10-5-1-2-8-14-17-12-6-3-4-7-13(12)18(14)11-9-15(19)20/h3-4,6-7H,1-2,5,8-11,16H2,(H,19,20). The number of hydrogen-bond donors (Lipinski definition) is 1. The van der Waals surface area contributed by atoms with Gasteiger partial charge in [0, 0.05) is 25.4 Å². The molecule has 0 aliphatic heterocycles. The van der Waals surface area contributed by atoms with Gasteiger partial charge in [-0.3, -0.25) is 0 Å². The van der Waals surface area contributed by atoms with E-state index in [1.54, 1.807) is 0 Å². The first-order valence-electron chi connectivity index (χ1n) is 7.15. The van der Waals surface area contributed by atoms with Crippen molar-refractivity contribution in [2.45, 2.75) is 38.6 Å². The van der Waals surface area contributed by atoms with Crippen LogP contribution in [-0.2, 0) is 17.8 Å². The molecule has 108 valence electrons. The lowest BCUT2D eigenvalue weighted by molar-refractivity contribution is -0.368. The van der Waals surface area contributed by atoms with Crippen LogP contribution in [-0.4, -0.2) is 22.1 Å². The van der Waals surface area contributed by atoms with Crippen LogP contribution < -0.4 is 10.8 Å². The first-order chi connectivity index (χ1) is 9.72. The van der Waals surface area contributed by atoms with Crippen LogP contribution >= 0.6 is 0 Å². The highest BCUT2D eigenvalue weighted by atomic mass is 16.4. The summed E-state index contributed by atoms with van der Waals surface area (Å²) in [4.78, 5) is 15.3. The van der Waals surface area contributed by atoms with E-state index in [0.717, 1.165) is 49.1 Å². The number of rotatable bonds is 8. The van der Waals surface area contributed by atoms with E-state index in [1.807, 2.05) is 28.8 Å². The number of carbonyl (C=O) groups excluding carboxylic acids is 1. The number of aromatic nitrogens is 2. The molecular weight excluding hydrogens is 254 g/mol. The summed E-state index contributed by atoms with van der Waals surface area (Å²) in [5.74, 6) is -0.0534. The molecule has 0 unspecified atom stereocenters. The first kappa shape index (κ1) is 14.5. The largest absolute Gasteiger partial charge is 0.550 e. The molecule has 20 heavy (non-hydrogen) atoms. The minimum atomic E-state index is -1.02. The lowest BCUT2D eigenvalue weighted by Crippen LogP contribution is -2.50. The van der Waals surface area contributed by atoms with Gasteiger partial charge in [0.15, 0.2) is 0 Å². The van der Waals surface area contributed by atoms with Crippen molar-refractivity contribution >= 4 is 17.0 Å². The zero-order valence-electron chi connectivity index (χ0n) is 11.7. The average Bonchev–Trinajstić information content (AvgIpc) is 2.79. The fourth-order valence-electron chi connectivity index (χ4n) is 2.41. The number of para-hydroxylation sites is 2. The fourth-order valence-corrected chi connectivity index (χ4v) is 2.41. The van der Waals surface area contributed by atoms with Crippen molar-refractivity contribution in [3.05, 3.63) is 30.1 Å². The molecule has 0 bridgehead atoms. The highest BCUT2D eigenvalue weighted by Crippen LogP contribution is 2.18. The number of carboxylic acid groups (broad SMARTS) is 1. The summed E-state index contributed by atoms with van der Waals surface area (Å²) >= 11 is 0. The van der Waals surface area contributed by atoms with Gasteiger partial charge in [-0.2, -0.15) is 0 Å². The normalized spacial score (nSPS) is 11.1. The number of nitrogens with zero attached hydrogens (tertiary/aromatic N) is 2. The van der Waals surface area contributed by atoms with Crippen LogP contribution in [0.2, 0.25) is 0 Å². The molecule has 0 radical (unpaired) electrons. The van der Waals surface area contributed by atoms with Gasteiger partial charge in [0.1, 0.15) is 5.82 Å². The highest BCUT2D eigenvalue weighted by Gasteiger charge is 2.09. The molecule has 0 spiro atoms. The van der Waals surface area contributed by atoms with Crippen LogP contribution in [0.15, 0.2) is 24.3 Å². The summed E-state index contributed by atoms with van der Waals surface area (Å²) in [6.07, 6.45) is 4.21. The molecule has 5 nitrogen and oxygen atoms in total. The van der Waals surface area contributed by atoms with Crippen LogP contribution in [0.1, 0.15) is 31.5 Å². The van der Waals surface area contributed by atoms with E-state index in [4.69, 9.17) is 0 Å². The lowest BCUT2D eigenvalue weighted by Gasteiger charge is -2.09. The monoisotopic (exact) mass is 275 g/mol. The molecule has 1 heterocycles. The number of carbonyl (C=O) groups is 1. The van der Waals surface area contributed by atoms with Crippen LogP contribution in [0, 0.1) is 0 Å². The number of imidazole rings is 1. The third kappa shape index (κ3) is 3.57. The number of unbranched alkanes of at least 4 members (excludes halogenated alkanes) is 2. The topological polar surface area (TPSA) is 85.6 Å². The van der Waals surface area contributed by atoms with Gasteiger partial charge in [-0.25, -0.2) is 4.98 Å². The number of quaternary nitrogens is 1. The van der Waals surface area contributed by atoms with Crippen LogP contribution in [0.25, 0.3) is 11.0 Å². The Morgan fingerprint density at radius 2 is 2.05 bits per heavy atom. The van der Waals surface area contributed by atoms with Gasteiger partial charge < -0.3 is 20.2 Å². The van der Waals surface area contributed by atoms with Crippen LogP contribution in [0.5, 0.6) is 0 Å². The Kier molecular flexibility index (Phi) is 5.12. The quantitative estimate of drug-likeness (QED) is 0.695. The second-order valence-corrected chi connectivity index (χ2v) is 4.95. The van der Waals surface area contributed by atoms with Gasteiger partial charge in [0.2, 0.25) is 0 Å². The predicted octanol–water partition coefficient (Wildman–Crippen LogP) is 0.131. The van der Waals surface area contributed by atoms with E-state index in [9.17, 15) is 9.90 Å². The van der Waals surface area contributed by atoms with E-state index in [0.29, 0.717) is 6.54 Å². The number of aliphatic carboxylic acids is 1. The molecule has 0 fully saturated rings. The molecule has 0 atom stereocenters. The summed E-state index contributed by atoms with van der Waals surface area (Å²) in [7, 11) is 0. The number of fused-ring (bicyclic) bond motifs is 1. The molecule has 0 amide bonds. The van der Waals surface area contributed by atoms with E-state index >= 15 is 0 Å². The number of hydrogen-bond acceptors (Lipinski definition) is 3. The Balaban J connectivity index is 2.17. The molecular formula is C15H21N3O2. The van der Waals surface area contributed by atoms with Gasteiger partial charge in [0.05, 0.1) is 17.6 Å². The number of carboxylic acids is 1. The summed E-state index contributed by atoms with van der Waals surface area (Å²) in [6.45, 7) is 1.38. The third-order valence-corrected chi connectivity index (χ3v) is 3.42. The van der Waals surface area contributed by atoms with Crippen molar-refractivity contribution in [2.75, 3.05) is 6.54 Å². The molecule has 1 aromatic carbocycles. The second kappa shape index (κ2) is 7.05. The average molecular weight is 275 g/mol. The van der Waals surface area contributed by atoms with Crippen molar-refractivity contribution in [1.29, 1.82) is 0 Å². The minimum Gasteiger partial charge on any atom is -0.550 e. The van der Waals surface area contributed by atoms with Gasteiger partial charge >= 0.3 is 0 Å². The Morgan fingerprint density at radius 3 is 2.80 bits per heavy atom. The second-order valence-electron chi connectivity index (χ2n) is 4.95. The van der Waals surface area contributed by atoms with Crippen LogP contribution in [0.3, 0.4) is 0 Å². The fraction of sp³-hybridized carbons (Fsp3) is 0.467. The molecule has 0 saturated heterocycles. The zero-order valence-corrected chi connectivity index (χ0v) is 11.7. The molecule has 0 aliphatic rings. The zero-order chi connectivity index (χ0) is 14.4. The molecule has 2 aromatic rings. The predicted molar refractivity (Wildman–Crippen MR) is 74.7 cm³/mol. The van der Waals surface area contributed by atoms with Crippen molar-refractivity contribution in [3.63, 3.8) is 0 Å². The SMILES string of the molecule is [NH3+]CCCCCc1nc2ccccc2n1CCC(=O)[O-]. The van der Waals surface area contributed by atoms with E-state index < -0.39 is 5.97 Å². The summed E-state index contributed by atoms with van der Waals surface area (Å²) in [6, 6.07) is 7.85. The third-order valence-electron chi connectivity index (χ3n) is 3.42. The molecule has 1 aromatic heterocycles. The minimum absolute atomic E-state index is 0.0201. The van der Waals surface area contributed by atoms with E-state index in [2.05, 4.69) is 10.7 Å².